The van der Waals surface area contributed by atoms with Gasteiger partial charge in [-0.05, 0) is 12.1 Å². The van der Waals surface area contributed by atoms with Gasteiger partial charge in [-0.1, -0.05) is 15.9 Å². The molecule has 8 heteroatoms. The molecule has 1 atom stereocenters. The number of aromatic nitrogens is 1. The lowest BCUT2D eigenvalue weighted by molar-refractivity contribution is 0.201. The summed E-state index contributed by atoms with van der Waals surface area (Å²) in [5.74, 6) is -0.877. The fourth-order valence-corrected chi connectivity index (χ4v) is 2.80. The molecular formula is C9H12BrFN2O3S. The summed E-state index contributed by atoms with van der Waals surface area (Å²) in [5.41, 5.74) is 0. The molecule has 0 aliphatic rings. The predicted molar refractivity (Wildman–Crippen MR) is 64.0 cm³/mol. The third-order valence-electron chi connectivity index (χ3n) is 1.82. The molecule has 0 aromatic carbocycles. The van der Waals surface area contributed by atoms with E-state index in [2.05, 4.69) is 25.6 Å². The summed E-state index contributed by atoms with van der Waals surface area (Å²) in [7, 11) is -2.42. The van der Waals surface area contributed by atoms with Gasteiger partial charge in [0.05, 0.1) is 11.4 Å². The van der Waals surface area contributed by atoms with Gasteiger partial charge < -0.3 is 4.74 Å². The molecule has 0 radical (unpaired) electrons. The molecule has 0 saturated heterocycles. The number of hydrogen-bond acceptors (Lipinski definition) is 4. The topological polar surface area (TPSA) is 68.3 Å². The SMILES string of the molecule is COCC(Br)CNS(=O)(=O)c1ncccc1F. The highest BCUT2D eigenvalue weighted by Crippen LogP contribution is 2.10. The molecule has 1 heterocycles. The molecule has 0 aliphatic heterocycles. The van der Waals surface area contributed by atoms with Crippen molar-refractivity contribution in [3.8, 4) is 0 Å². The first-order valence-electron chi connectivity index (χ1n) is 4.70. The molecule has 1 aromatic rings. The van der Waals surface area contributed by atoms with Gasteiger partial charge in [-0.2, -0.15) is 0 Å². The summed E-state index contributed by atoms with van der Waals surface area (Å²) in [6.07, 6.45) is 1.22. The normalized spacial score (nSPS) is 13.6. The summed E-state index contributed by atoms with van der Waals surface area (Å²) in [6.45, 7) is 0.430. The van der Waals surface area contributed by atoms with E-state index < -0.39 is 20.9 Å². The molecule has 0 amide bonds. The third kappa shape index (κ3) is 4.30. The van der Waals surface area contributed by atoms with E-state index >= 15 is 0 Å². The Morgan fingerprint density at radius 2 is 2.35 bits per heavy atom. The quantitative estimate of drug-likeness (QED) is 0.789. The predicted octanol–water partition coefficient (Wildman–Crippen LogP) is 0.909. The third-order valence-corrected chi connectivity index (χ3v) is 3.77. The Balaban J connectivity index is 2.73. The van der Waals surface area contributed by atoms with Crippen molar-refractivity contribution in [1.29, 1.82) is 0 Å². The highest BCUT2D eigenvalue weighted by Gasteiger charge is 2.21. The van der Waals surface area contributed by atoms with Gasteiger partial charge in [-0.25, -0.2) is 22.5 Å². The van der Waals surface area contributed by atoms with Gasteiger partial charge in [0.25, 0.3) is 10.0 Å². The van der Waals surface area contributed by atoms with Crippen molar-refractivity contribution in [3.05, 3.63) is 24.1 Å². The summed E-state index contributed by atoms with van der Waals surface area (Å²) in [6, 6.07) is 2.37. The van der Waals surface area contributed by atoms with Crippen molar-refractivity contribution in [2.45, 2.75) is 9.85 Å². The van der Waals surface area contributed by atoms with E-state index in [1.54, 1.807) is 0 Å². The van der Waals surface area contributed by atoms with Crippen LogP contribution in [0.2, 0.25) is 0 Å². The second-order valence-electron chi connectivity index (χ2n) is 3.19. The van der Waals surface area contributed by atoms with Crippen LogP contribution < -0.4 is 4.72 Å². The van der Waals surface area contributed by atoms with Crippen molar-refractivity contribution in [2.75, 3.05) is 20.3 Å². The number of ether oxygens (including phenoxy) is 1. The van der Waals surface area contributed by atoms with E-state index in [0.717, 1.165) is 6.07 Å². The molecular weight excluding hydrogens is 315 g/mol. The van der Waals surface area contributed by atoms with Crippen molar-refractivity contribution in [2.24, 2.45) is 0 Å². The lowest BCUT2D eigenvalue weighted by Gasteiger charge is -2.10. The molecule has 1 rings (SSSR count). The van der Waals surface area contributed by atoms with E-state index in [0.29, 0.717) is 6.61 Å². The van der Waals surface area contributed by atoms with E-state index in [-0.39, 0.29) is 11.4 Å². The first-order valence-corrected chi connectivity index (χ1v) is 7.10. The van der Waals surface area contributed by atoms with Gasteiger partial charge in [0.15, 0.2) is 5.82 Å². The molecule has 0 bridgehead atoms. The Hall–Kier alpha value is -0.570. The largest absolute Gasteiger partial charge is 0.383 e. The minimum absolute atomic E-state index is 0.0895. The van der Waals surface area contributed by atoms with Crippen LogP contribution in [-0.4, -0.2) is 38.5 Å². The van der Waals surface area contributed by atoms with Crippen molar-refractivity contribution in [3.63, 3.8) is 0 Å². The molecule has 1 unspecified atom stereocenters. The van der Waals surface area contributed by atoms with Gasteiger partial charge in [0.2, 0.25) is 5.03 Å². The molecule has 0 fully saturated rings. The first kappa shape index (κ1) is 14.5. The lowest BCUT2D eigenvalue weighted by atomic mass is 10.5. The zero-order valence-electron chi connectivity index (χ0n) is 9.06. The summed E-state index contributed by atoms with van der Waals surface area (Å²) in [4.78, 5) is 3.32. The van der Waals surface area contributed by atoms with Gasteiger partial charge in [0, 0.05) is 19.9 Å². The van der Waals surface area contributed by atoms with Crippen LogP contribution >= 0.6 is 15.9 Å². The monoisotopic (exact) mass is 326 g/mol. The number of nitrogens with one attached hydrogen (secondary N) is 1. The Bertz CT molecular complexity index is 469. The first-order chi connectivity index (χ1) is 7.97. The van der Waals surface area contributed by atoms with E-state index in [1.807, 2.05) is 0 Å². The molecule has 1 N–H and O–H groups in total. The maximum absolute atomic E-state index is 13.2. The number of hydrogen-bond donors (Lipinski definition) is 1. The highest BCUT2D eigenvalue weighted by atomic mass is 79.9. The lowest BCUT2D eigenvalue weighted by Crippen LogP contribution is -2.32. The average molecular weight is 327 g/mol. The maximum Gasteiger partial charge on any atom is 0.261 e. The summed E-state index contributed by atoms with van der Waals surface area (Å²) < 4.78 is 43.7. The fourth-order valence-electron chi connectivity index (χ4n) is 1.08. The van der Waals surface area contributed by atoms with Crippen molar-refractivity contribution < 1.29 is 17.5 Å². The van der Waals surface area contributed by atoms with Crippen LogP contribution in [0, 0.1) is 5.82 Å². The number of nitrogens with zero attached hydrogens (tertiary/aromatic N) is 1. The molecule has 17 heavy (non-hydrogen) atoms. The van der Waals surface area contributed by atoms with Crippen LogP contribution in [0.25, 0.3) is 0 Å². The standard InChI is InChI=1S/C9H12BrFN2O3S/c1-16-6-7(10)5-13-17(14,15)9-8(11)3-2-4-12-9/h2-4,7,13H,5-6H2,1H3. The fraction of sp³-hybridized carbons (Fsp3) is 0.444. The Morgan fingerprint density at radius 3 is 2.94 bits per heavy atom. The molecule has 0 saturated carbocycles. The molecule has 1 aromatic heterocycles. The smallest absolute Gasteiger partial charge is 0.261 e. The van der Waals surface area contributed by atoms with Gasteiger partial charge >= 0.3 is 0 Å². The van der Waals surface area contributed by atoms with E-state index in [9.17, 15) is 12.8 Å². The Kier molecular flexibility index (Phi) is 5.44. The number of methoxy groups -OCH3 is 1. The summed E-state index contributed by atoms with van der Waals surface area (Å²) >= 11 is 3.22. The second-order valence-corrected chi connectivity index (χ2v) is 6.17. The average Bonchev–Trinajstić information content (AvgIpc) is 2.27. The zero-order chi connectivity index (χ0) is 12.9. The van der Waals surface area contributed by atoms with Gasteiger partial charge in [-0.3, -0.25) is 0 Å². The van der Waals surface area contributed by atoms with Crippen LogP contribution in [0.1, 0.15) is 0 Å². The van der Waals surface area contributed by atoms with Crippen molar-refractivity contribution in [1.82, 2.24) is 9.71 Å². The molecule has 96 valence electrons. The van der Waals surface area contributed by atoms with Gasteiger partial charge in [0.1, 0.15) is 0 Å². The molecule has 0 spiro atoms. The van der Waals surface area contributed by atoms with Crippen LogP contribution in [0.4, 0.5) is 4.39 Å². The zero-order valence-corrected chi connectivity index (χ0v) is 11.5. The number of alkyl halides is 1. The maximum atomic E-state index is 13.2. The minimum atomic E-state index is -3.93. The van der Waals surface area contributed by atoms with Crippen LogP contribution in [0.3, 0.4) is 0 Å². The summed E-state index contributed by atoms with van der Waals surface area (Å²) in [5, 5.41) is -0.600. The van der Waals surface area contributed by atoms with E-state index in [1.165, 1.54) is 19.4 Å². The number of sulfonamides is 1. The van der Waals surface area contributed by atoms with Crippen LogP contribution in [0.5, 0.6) is 0 Å². The second kappa shape index (κ2) is 6.39. The number of rotatable bonds is 6. The van der Waals surface area contributed by atoms with Crippen LogP contribution in [-0.2, 0) is 14.8 Å². The van der Waals surface area contributed by atoms with Crippen molar-refractivity contribution >= 4 is 26.0 Å². The highest BCUT2D eigenvalue weighted by molar-refractivity contribution is 9.09. The number of pyridine rings is 1. The minimum Gasteiger partial charge on any atom is -0.383 e. The van der Waals surface area contributed by atoms with Crippen LogP contribution in [0.15, 0.2) is 23.4 Å². The number of halogens is 2. The van der Waals surface area contributed by atoms with E-state index in [4.69, 9.17) is 4.74 Å². The Labute approximate surface area is 108 Å². The molecule has 0 aliphatic carbocycles. The molecule has 5 nitrogen and oxygen atoms in total. The van der Waals surface area contributed by atoms with Gasteiger partial charge in [-0.15, -0.1) is 0 Å². The Morgan fingerprint density at radius 1 is 1.65 bits per heavy atom.